The number of halogens is 1. The highest BCUT2D eigenvalue weighted by Gasteiger charge is 2.13. The van der Waals surface area contributed by atoms with Crippen molar-refractivity contribution < 1.29 is 0 Å². The lowest BCUT2D eigenvalue weighted by Crippen LogP contribution is -2.31. The maximum atomic E-state index is 5.83. The quantitative estimate of drug-likeness (QED) is 0.755. The van der Waals surface area contributed by atoms with Gasteiger partial charge < -0.3 is 0 Å². The highest BCUT2D eigenvalue weighted by Crippen LogP contribution is 2.15. The van der Waals surface area contributed by atoms with Crippen molar-refractivity contribution in [1.29, 1.82) is 0 Å². The molecule has 0 bridgehead atoms. The molecule has 0 radical (unpaired) electrons. The highest BCUT2D eigenvalue weighted by molar-refractivity contribution is 6.29. The molecule has 2 rings (SSSR count). The Morgan fingerprint density at radius 1 is 1.15 bits per heavy atom. The predicted octanol–water partition coefficient (Wildman–Crippen LogP) is 3.93. The molecule has 1 unspecified atom stereocenters. The van der Waals surface area contributed by atoms with Gasteiger partial charge in [-0.25, -0.2) is 4.98 Å². The van der Waals surface area contributed by atoms with Crippen LogP contribution in [0.2, 0.25) is 5.15 Å². The average Bonchev–Trinajstić information content (AvgIpc) is 2.49. The van der Waals surface area contributed by atoms with Crippen LogP contribution in [0.5, 0.6) is 0 Å². The molecule has 0 aliphatic heterocycles. The summed E-state index contributed by atoms with van der Waals surface area (Å²) in [5, 5.41) is 0.538. The summed E-state index contributed by atoms with van der Waals surface area (Å²) in [5.74, 6) is 0. The van der Waals surface area contributed by atoms with E-state index in [1.807, 2.05) is 30.6 Å². The molecule has 2 aromatic heterocycles. The Bertz CT molecular complexity index is 513. The van der Waals surface area contributed by atoms with Crippen LogP contribution in [-0.2, 0) is 13.1 Å². The number of hydrogen-bond acceptors (Lipinski definition) is 3. The number of aromatic nitrogens is 2. The van der Waals surface area contributed by atoms with E-state index >= 15 is 0 Å². The fourth-order valence-electron chi connectivity index (χ4n) is 2.09. The van der Waals surface area contributed by atoms with Crippen LogP contribution in [0.3, 0.4) is 0 Å². The van der Waals surface area contributed by atoms with E-state index in [1.165, 1.54) is 11.1 Å². The van der Waals surface area contributed by atoms with Crippen molar-refractivity contribution in [3.05, 3.63) is 59.1 Å². The number of hydrogen-bond donors (Lipinski definition) is 0. The van der Waals surface area contributed by atoms with Crippen LogP contribution in [-0.4, -0.2) is 20.9 Å². The minimum Gasteiger partial charge on any atom is -0.292 e. The largest absolute Gasteiger partial charge is 0.292 e. The van der Waals surface area contributed by atoms with Crippen LogP contribution in [0, 0.1) is 0 Å². The van der Waals surface area contributed by atoms with Crippen LogP contribution >= 0.6 is 11.6 Å². The third-order valence-electron chi connectivity index (χ3n) is 3.50. The maximum absolute atomic E-state index is 5.83. The molecule has 2 aromatic rings. The van der Waals surface area contributed by atoms with E-state index in [1.54, 1.807) is 6.20 Å². The van der Waals surface area contributed by atoms with Gasteiger partial charge in [0.2, 0.25) is 0 Å². The lowest BCUT2D eigenvalue weighted by molar-refractivity contribution is 0.185. The van der Waals surface area contributed by atoms with Crippen molar-refractivity contribution in [2.45, 2.75) is 39.4 Å². The van der Waals surface area contributed by atoms with E-state index in [2.05, 4.69) is 34.8 Å². The summed E-state index contributed by atoms with van der Waals surface area (Å²) in [4.78, 5) is 10.8. The van der Waals surface area contributed by atoms with E-state index in [-0.39, 0.29) is 0 Å². The summed E-state index contributed by atoms with van der Waals surface area (Å²) < 4.78 is 0. The first-order chi connectivity index (χ1) is 9.69. The third-order valence-corrected chi connectivity index (χ3v) is 3.72. The number of pyridine rings is 2. The van der Waals surface area contributed by atoms with Crippen molar-refractivity contribution in [2.24, 2.45) is 0 Å². The minimum absolute atomic E-state index is 0.505. The van der Waals surface area contributed by atoms with Gasteiger partial charge in [0.15, 0.2) is 0 Å². The normalized spacial score (nSPS) is 12.6. The van der Waals surface area contributed by atoms with Crippen molar-refractivity contribution in [1.82, 2.24) is 14.9 Å². The molecule has 0 aromatic carbocycles. The monoisotopic (exact) mass is 289 g/mol. The first-order valence-electron chi connectivity index (χ1n) is 6.92. The zero-order chi connectivity index (χ0) is 14.4. The fourth-order valence-corrected chi connectivity index (χ4v) is 2.20. The van der Waals surface area contributed by atoms with E-state index in [0.29, 0.717) is 11.2 Å². The van der Waals surface area contributed by atoms with Gasteiger partial charge in [-0.15, -0.1) is 0 Å². The van der Waals surface area contributed by atoms with E-state index in [0.717, 1.165) is 19.5 Å². The molecular formula is C16H20ClN3. The SMILES string of the molecule is CCC(C)N(Cc1cccnc1)Cc1ccc(Cl)nc1. The van der Waals surface area contributed by atoms with Gasteiger partial charge >= 0.3 is 0 Å². The average molecular weight is 290 g/mol. The molecule has 0 spiro atoms. The van der Waals surface area contributed by atoms with Gasteiger partial charge in [-0.05, 0) is 36.6 Å². The molecule has 0 saturated heterocycles. The van der Waals surface area contributed by atoms with E-state index in [9.17, 15) is 0 Å². The lowest BCUT2D eigenvalue weighted by Gasteiger charge is -2.28. The van der Waals surface area contributed by atoms with Gasteiger partial charge in [0.05, 0.1) is 0 Å². The van der Waals surface area contributed by atoms with E-state index < -0.39 is 0 Å². The second kappa shape index (κ2) is 7.36. The van der Waals surface area contributed by atoms with Crippen LogP contribution < -0.4 is 0 Å². The minimum atomic E-state index is 0.505. The molecule has 0 fully saturated rings. The van der Waals surface area contributed by atoms with Crippen molar-refractivity contribution in [2.75, 3.05) is 0 Å². The summed E-state index contributed by atoms with van der Waals surface area (Å²) >= 11 is 5.83. The summed E-state index contributed by atoms with van der Waals surface area (Å²) in [6.45, 7) is 6.22. The maximum Gasteiger partial charge on any atom is 0.129 e. The molecular weight excluding hydrogens is 270 g/mol. The second-order valence-electron chi connectivity index (χ2n) is 5.01. The van der Waals surface area contributed by atoms with Gasteiger partial charge in [-0.1, -0.05) is 30.7 Å². The molecule has 0 aliphatic rings. The van der Waals surface area contributed by atoms with Crippen LogP contribution in [0.4, 0.5) is 0 Å². The number of rotatable bonds is 6. The summed E-state index contributed by atoms with van der Waals surface area (Å²) in [6, 6.07) is 8.48. The molecule has 0 saturated carbocycles. The van der Waals surface area contributed by atoms with Crippen LogP contribution in [0.1, 0.15) is 31.4 Å². The zero-order valence-electron chi connectivity index (χ0n) is 12.0. The van der Waals surface area contributed by atoms with Crippen molar-refractivity contribution >= 4 is 11.6 Å². The molecule has 3 nitrogen and oxygen atoms in total. The Kier molecular flexibility index (Phi) is 5.50. The molecule has 20 heavy (non-hydrogen) atoms. The topological polar surface area (TPSA) is 29.0 Å². The first kappa shape index (κ1) is 14.9. The molecule has 4 heteroatoms. The Morgan fingerprint density at radius 2 is 1.90 bits per heavy atom. The van der Waals surface area contributed by atoms with Gasteiger partial charge in [-0.3, -0.25) is 9.88 Å². The summed E-state index contributed by atoms with van der Waals surface area (Å²) in [6.07, 6.45) is 6.69. The van der Waals surface area contributed by atoms with Gasteiger partial charge in [0.25, 0.3) is 0 Å². The van der Waals surface area contributed by atoms with E-state index in [4.69, 9.17) is 11.6 Å². The molecule has 0 aliphatic carbocycles. The van der Waals surface area contributed by atoms with Crippen molar-refractivity contribution in [3.8, 4) is 0 Å². The zero-order valence-corrected chi connectivity index (χ0v) is 12.7. The summed E-state index contributed by atoms with van der Waals surface area (Å²) in [7, 11) is 0. The molecule has 1 atom stereocenters. The Hall–Kier alpha value is -1.45. The smallest absolute Gasteiger partial charge is 0.129 e. The van der Waals surface area contributed by atoms with Crippen LogP contribution in [0.25, 0.3) is 0 Å². The Balaban J connectivity index is 2.09. The first-order valence-corrected chi connectivity index (χ1v) is 7.30. The Labute approximate surface area is 125 Å². The lowest BCUT2D eigenvalue weighted by atomic mass is 10.1. The standard InChI is InChI=1S/C16H20ClN3/c1-3-13(2)20(11-14-5-4-8-18-9-14)12-15-6-7-16(17)19-10-15/h4-10,13H,3,11-12H2,1-2H3. The van der Waals surface area contributed by atoms with Crippen molar-refractivity contribution in [3.63, 3.8) is 0 Å². The second-order valence-corrected chi connectivity index (χ2v) is 5.40. The molecule has 0 amide bonds. The third kappa shape index (κ3) is 4.29. The van der Waals surface area contributed by atoms with Gasteiger partial charge in [0.1, 0.15) is 5.15 Å². The highest BCUT2D eigenvalue weighted by atomic mass is 35.5. The molecule has 0 N–H and O–H groups in total. The van der Waals surface area contributed by atoms with Gasteiger partial charge in [0, 0.05) is 37.7 Å². The predicted molar refractivity (Wildman–Crippen MR) is 82.5 cm³/mol. The summed E-state index contributed by atoms with van der Waals surface area (Å²) in [5.41, 5.74) is 2.41. The molecule has 106 valence electrons. The molecule has 2 heterocycles. The van der Waals surface area contributed by atoms with Gasteiger partial charge in [-0.2, -0.15) is 0 Å². The van der Waals surface area contributed by atoms with Crippen LogP contribution in [0.15, 0.2) is 42.9 Å². The number of nitrogens with zero attached hydrogens (tertiary/aromatic N) is 3. The fraction of sp³-hybridized carbons (Fsp3) is 0.375. The Morgan fingerprint density at radius 3 is 2.45 bits per heavy atom.